The molecule has 1 unspecified atom stereocenters. The molecule has 7 heteroatoms. The highest BCUT2D eigenvalue weighted by Crippen LogP contribution is 2.14. The van der Waals surface area contributed by atoms with Gasteiger partial charge in [0.1, 0.15) is 5.75 Å². The molecule has 0 aliphatic heterocycles. The third-order valence-corrected chi connectivity index (χ3v) is 3.22. The van der Waals surface area contributed by atoms with E-state index >= 15 is 0 Å². The van der Waals surface area contributed by atoms with Crippen molar-refractivity contribution in [2.45, 2.75) is 13.0 Å². The largest absolute Gasteiger partial charge is 0.497 e. The first-order valence-electron chi connectivity index (χ1n) is 6.79. The van der Waals surface area contributed by atoms with Gasteiger partial charge in [0.15, 0.2) is 5.69 Å². The number of halogens is 1. The van der Waals surface area contributed by atoms with E-state index < -0.39 is 0 Å². The van der Waals surface area contributed by atoms with Gasteiger partial charge in [0.05, 0.1) is 12.8 Å². The van der Waals surface area contributed by atoms with Gasteiger partial charge >= 0.3 is 0 Å². The minimum absolute atomic E-state index is 0. The second-order valence-electron chi connectivity index (χ2n) is 4.74. The van der Waals surface area contributed by atoms with Gasteiger partial charge in [0.25, 0.3) is 5.91 Å². The maximum absolute atomic E-state index is 12.0. The van der Waals surface area contributed by atoms with Crippen molar-refractivity contribution in [3.63, 3.8) is 0 Å². The van der Waals surface area contributed by atoms with Crippen molar-refractivity contribution in [3.8, 4) is 11.4 Å². The van der Waals surface area contributed by atoms with E-state index in [1.807, 2.05) is 38.2 Å². The van der Waals surface area contributed by atoms with Gasteiger partial charge in [-0.3, -0.25) is 4.79 Å². The van der Waals surface area contributed by atoms with Crippen molar-refractivity contribution in [1.29, 1.82) is 0 Å². The summed E-state index contributed by atoms with van der Waals surface area (Å²) in [5, 5.41) is 10.2. The molecule has 1 amide bonds. The Balaban J connectivity index is 0.00000242. The molecule has 0 bridgehead atoms. The molecular formula is C15H21ClN4O2. The number of carbonyl (C=O) groups is 1. The average molecular weight is 325 g/mol. The van der Waals surface area contributed by atoms with Gasteiger partial charge in [-0.15, -0.1) is 12.4 Å². The number of hydrogen-bond acceptors (Lipinski definition) is 4. The van der Waals surface area contributed by atoms with Crippen LogP contribution in [0.4, 0.5) is 0 Å². The average Bonchev–Trinajstić information content (AvgIpc) is 3.02. The molecule has 0 aliphatic rings. The molecule has 6 nitrogen and oxygen atoms in total. The fourth-order valence-corrected chi connectivity index (χ4v) is 1.76. The van der Waals surface area contributed by atoms with Crippen LogP contribution < -0.4 is 15.4 Å². The van der Waals surface area contributed by atoms with Crippen molar-refractivity contribution < 1.29 is 9.53 Å². The van der Waals surface area contributed by atoms with E-state index in [9.17, 15) is 4.79 Å². The topological polar surface area (TPSA) is 68.2 Å². The Morgan fingerprint density at radius 3 is 2.59 bits per heavy atom. The molecule has 0 radical (unpaired) electrons. The molecule has 120 valence electrons. The molecule has 0 saturated heterocycles. The first-order valence-corrected chi connectivity index (χ1v) is 6.79. The third kappa shape index (κ3) is 4.47. The Labute approximate surface area is 136 Å². The Bertz CT molecular complexity index is 598. The van der Waals surface area contributed by atoms with Gasteiger partial charge in [0.2, 0.25) is 0 Å². The number of carbonyl (C=O) groups excluding carboxylic acids is 1. The zero-order valence-electron chi connectivity index (χ0n) is 12.9. The van der Waals surface area contributed by atoms with E-state index in [0.717, 1.165) is 11.4 Å². The standard InChI is InChI=1S/C15H20N4O2.ClH/c1-11(16-2)10-17-15(20)14-8-9-19(18-14)12-4-6-13(21-3)7-5-12;/h4-9,11,16H,10H2,1-3H3,(H,17,20);1H. The van der Waals surface area contributed by atoms with Gasteiger partial charge in [-0.05, 0) is 44.3 Å². The molecule has 0 aliphatic carbocycles. The van der Waals surface area contributed by atoms with Gasteiger partial charge in [-0.1, -0.05) is 0 Å². The lowest BCUT2D eigenvalue weighted by atomic mass is 10.3. The molecule has 22 heavy (non-hydrogen) atoms. The molecule has 1 aromatic carbocycles. The number of rotatable bonds is 6. The molecule has 1 heterocycles. The SMILES string of the molecule is CNC(C)CNC(=O)c1ccn(-c2ccc(OC)cc2)n1.Cl. The minimum Gasteiger partial charge on any atom is -0.497 e. The number of likely N-dealkylation sites (N-methyl/N-ethyl adjacent to an activating group) is 1. The summed E-state index contributed by atoms with van der Waals surface area (Å²) < 4.78 is 6.78. The molecule has 1 aromatic heterocycles. The summed E-state index contributed by atoms with van der Waals surface area (Å²) in [4.78, 5) is 12.0. The van der Waals surface area contributed by atoms with Gasteiger partial charge in [-0.25, -0.2) is 4.68 Å². The maximum Gasteiger partial charge on any atom is 0.271 e. The second-order valence-corrected chi connectivity index (χ2v) is 4.74. The fraction of sp³-hybridized carbons (Fsp3) is 0.333. The monoisotopic (exact) mass is 324 g/mol. The Morgan fingerprint density at radius 2 is 2.00 bits per heavy atom. The van der Waals surface area contributed by atoms with Crippen LogP contribution in [0.25, 0.3) is 5.69 Å². The number of aromatic nitrogens is 2. The highest BCUT2D eigenvalue weighted by atomic mass is 35.5. The summed E-state index contributed by atoms with van der Waals surface area (Å²) in [6.07, 6.45) is 1.76. The Kier molecular flexibility index (Phi) is 6.88. The number of benzene rings is 1. The summed E-state index contributed by atoms with van der Waals surface area (Å²) in [6.45, 7) is 2.56. The van der Waals surface area contributed by atoms with Crippen molar-refractivity contribution in [3.05, 3.63) is 42.2 Å². The van der Waals surface area contributed by atoms with Gasteiger partial charge in [-0.2, -0.15) is 5.10 Å². The van der Waals surface area contributed by atoms with Crippen molar-refractivity contribution in [2.24, 2.45) is 0 Å². The van der Waals surface area contributed by atoms with Crippen LogP contribution in [0.15, 0.2) is 36.5 Å². The summed E-state index contributed by atoms with van der Waals surface area (Å²) in [7, 11) is 3.48. The molecule has 1 atom stereocenters. The lowest BCUT2D eigenvalue weighted by Crippen LogP contribution is -2.37. The second kappa shape index (κ2) is 8.41. The van der Waals surface area contributed by atoms with Crippen LogP contribution in [0, 0.1) is 0 Å². The van der Waals surface area contributed by atoms with E-state index in [1.54, 1.807) is 24.1 Å². The number of amides is 1. The van der Waals surface area contributed by atoms with Crippen LogP contribution in [0.1, 0.15) is 17.4 Å². The van der Waals surface area contributed by atoms with Crippen LogP contribution in [0.2, 0.25) is 0 Å². The number of nitrogens with zero attached hydrogens (tertiary/aromatic N) is 2. The molecular weight excluding hydrogens is 304 g/mol. The molecule has 2 aromatic rings. The molecule has 0 spiro atoms. The fourth-order valence-electron chi connectivity index (χ4n) is 1.76. The summed E-state index contributed by atoms with van der Waals surface area (Å²) in [5.74, 6) is 0.606. The van der Waals surface area contributed by atoms with Crippen LogP contribution in [-0.2, 0) is 0 Å². The van der Waals surface area contributed by atoms with Crippen LogP contribution in [0.5, 0.6) is 5.75 Å². The van der Waals surface area contributed by atoms with Crippen LogP contribution in [-0.4, -0.2) is 42.4 Å². The maximum atomic E-state index is 12.0. The number of ether oxygens (including phenoxy) is 1. The summed E-state index contributed by atoms with van der Waals surface area (Å²) >= 11 is 0. The van der Waals surface area contributed by atoms with E-state index in [0.29, 0.717) is 12.2 Å². The van der Waals surface area contributed by atoms with Gasteiger partial charge < -0.3 is 15.4 Å². The van der Waals surface area contributed by atoms with Crippen LogP contribution in [0.3, 0.4) is 0 Å². The normalized spacial score (nSPS) is 11.4. The van der Waals surface area contributed by atoms with Crippen molar-refractivity contribution >= 4 is 18.3 Å². The molecule has 2 N–H and O–H groups in total. The van der Waals surface area contributed by atoms with E-state index in [-0.39, 0.29) is 24.4 Å². The highest BCUT2D eigenvalue weighted by molar-refractivity contribution is 5.92. The first kappa shape index (κ1) is 18.0. The van der Waals surface area contributed by atoms with Crippen LogP contribution >= 0.6 is 12.4 Å². The minimum atomic E-state index is -0.177. The lowest BCUT2D eigenvalue weighted by Gasteiger charge is -2.10. The number of methoxy groups -OCH3 is 1. The molecule has 0 saturated carbocycles. The number of nitrogens with one attached hydrogen (secondary N) is 2. The van der Waals surface area contributed by atoms with E-state index in [4.69, 9.17) is 4.74 Å². The van der Waals surface area contributed by atoms with E-state index in [2.05, 4.69) is 15.7 Å². The zero-order valence-corrected chi connectivity index (χ0v) is 13.7. The van der Waals surface area contributed by atoms with Crippen molar-refractivity contribution in [2.75, 3.05) is 20.7 Å². The quantitative estimate of drug-likeness (QED) is 0.847. The van der Waals surface area contributed by atoms with Gasteiger partial charge in [0, 0.05) is 18.8 Å². The molecule has 2 rings (SSSR count). The van der Waals surface area contributed by atoms with E-state index in [1.165, 1.54) is 0 Å². The predicted octanol–water partition coefficient (Wildman–Crippen LogP) is 1.64. The summed E-state index contributed by atoms with van der Waals surface area (Å²) in [5.41, 5.74) is 1.27. The third-order valence-electron chi connectivity index (χ3n) is 3.22. The smallest absolute Gasteiger partial charge is 0.271 e. The first-order chi connectivity index (χ1) is 10.1. The lowest BCUT2D eigenvalue weighted by molar-refractivity contribution is 0.0945. The number of hydrogen-bond donors (Lipinski definition) is 2. The Morgan fingerprint density at radius 1 is 1.32 bits per heavy atom. The van der Waals surface area contributed by atoms with Crippen molar-refractivity contribution in [1.82, 2.24) is 20.4 Å². The predicted molar refractivity (Wildman–Crippen MR) is 88.2 cm³/mol. The molecule has 0 fully saturated rings. The Hall–Kier alpha value is -2.05. The zero-order chi connectivity index (χ0) is 15.2. The summed E-state index contributed by atoms with van der Waals surface area (Å²) in [6, 6.07) is 9.39. The highest BCUT2D eigenvalue weighted by Gasteiger charge is 2.10.